The molecule has 92 valence electrons. The smallest absolute Gasteiger partial charge is 0.302 e. The highest BCUT2D eigenvalue weighted by molar-refractivity contribution is 5.66. The molecule has 2 rings (SSSR count). The standard InChI is InChI=1S/C10H17NO5/c1-5(12)16-7-2-3-11-4-6(13)9(14)10(15)8(7)11/h6-10,13-15H,2-4H2,1H3/t6-,7+,8+,9+,10+/m0/s1. The van der Waals surface area contributed by atoms with Crippen molar-refractivity contribution in [1.82, 2.24) is 4.90 Å². The molecule has 0 radical (unpaired) electrons. The Morgan fingerprint density at radius 2 is 2.00 bits per heavy atom. The van der Waals surface area contributed by atoms with E-state index in [4.69, 9.17) is 4.74 Å². The first-order chi connectivity index (χ1) is 7.50. The van der Waals surface area contributed by atoms with Crippen LogP contribution in [0, 0.1) is 0 Å². The topological polar surface area (TPSA) is 90.2 Å². The molecule has 0 bridgehead atoms. The Labute approximate surface area is 93.4 Å². The molecule has 2 aliphatic heterocycles. The predicted molar refractivity (Wildman–Crippen MR) is 53.6 cm³/mol. The molecular formula is C10H17NO5. The van der Waals surface area contributed by atoms with Crippen LogP contribution in [0.1, 0.15) is 13.3 Å². The fraction of sp³-hybridized carbons (Fsp3) is 0.900. The van der Waals surface area contributed by atoms with Gasteiger partial charge < -0.3 is 20.1 Å². The summed E-state index contributed by atoms with van der Waals surface area (Å²) >= 11 is 0. The van der Waals surface area contributed by atoms with Crippen LogP contribution in [0.25, 0.3) is 0 Å². The molecule has 2 heterocycles. The number of aliphatic hydroxyl groups is 3. The monoisotopic (exact) mass is 231 g/mol. The van der Waals surface area contributed by atoms with Crippen LogP contribution in [-0.4, -0.2) is 69.7 Å². The number of carbonyl (C=O) groups is 1. The quantitative estimate of drug-likeness (QED) is 0.456. The highest BCUT2D eigenvalue weighted by atomic mass is 16.5. The number of carbonyl (C=O) groups excluding carboxylic acids is 1. The first-order valence-corrected chi connectivity index (χ1v) is 5.46. The summed E-state index contributed by atoms with van der Waals surface area (Å²) in [5, 5.41) is 28.9. The van der Waals surface area contributed by atoms with Gasteiger partial charge in [-0.2, -0.15) is 0 Å². The number of rotatable bonds is 1. The van der Waals surface area contributed by atoms with Crippen LogP contribution in [0.4, 0.5) is 0 Å². The van der Waals surface area contributed by atoms with Gasteiger partial charge in [-0.15, -0.1) is 0 Å². The fourth-order valence-corrected chi connectivity index (χ4v) is 2.62. The zero-order valence-corrected chi connectivity index (χ0v) is 9.11. The van der Waals surface area contributed by atoms with Gasteiger partial charge in [-0.3, -0.25) is 9.69 Å². The molecule has 3 N–H and O–H groups in total. The third-order valence-electron chi connectivity index (χ3n) is 3.34. The van der Waals surface area contributed by atoms with Crippen molar-refractivity contribution >= 4 is 5.97 Å². The minimum absolute atomic E-state index is 0.306. The molecule has 0 aromatic heterocycles. The lowest BCUT2D eigenvalue weighted by molar-refractivity contribution is -0.163. The first-order valence-electron chi connectivity index (χ1n) is 5.46. The largest absolute Gasteiger partial charge is 0.461 e. The van der Waals surface area contributed by atoms with Crippen molar-refractivity contribution in [3.63, 3.8) is 0 Å². The lowest BCUT2D eigenvalue weighted by atomic mass is 9.93. The van der Waals surface area contributed by atoms with E-state index < -0.39 is 30.5 Å². The van der Waals surface area contributed by atoms with Gasteiger partial charge in [0.15, 0.2) is 0 Å². The van der Waals surface area contributed by atoms with Gasteiger partial charge in [-0.05, 0) is 6.42 Å². The maximum absolute atomic E-state index is 10.9. The van der Waals surface area contributed by atoms with E-state index >= 15 is 0 Å². The summed E-state index contributed by atoms with van der Waals surface area (Å²) in [6, 6.07) is -0.401. The number of hydrogen-bond acceptors (Lipinski definition) is 6. The highest BCUT2D eigenvalue weighted by Crippen LogP contribution is 2.30. The summed E-state index contributed by atoms with van der Waals surface area (Å²) in [7, 11) is 0. The molecule has 0 aliphatic carbocycles. The molecule has 2 saturated heterocycles. The van der Waals surface area contributed by atoms with Crippen molar-refractivity contribution in [3.05, 3.63) is 0 Å². The maximum Gasteiger partial charge on any atom is 0.302 e. The van der Waals surface area contributed by atoms with Gasteiger partial charge in [0.25, 0.3) is 0 Å². The molecular weight excluding hydrogens is 214 g/mol. The summed E-state index contributed by atoms with van der Waals surface area (Å²) < 4.78 is 5.10. The highest BCUT2D eigenvalue weighted by Gasteiger charge is 2.49. The van der Waals surface area contributed by atoms with Crippen molar-refractivity contribution in [2.45, 2.75) is 43.8 Å². The van der Waals surface area contributed by atoms with Crippen molar-refractivity contribution < 1.29 is 24.9 Å². The Bertz CT molecular complexity index is 284. The van der Waals surface area contributed by atoms with Gasteiger partial charge >= 0.3 is 5.97 Å². The average molecular weight is 231 g/mol. The molecule has 6 heteroatoms. The molecule has 0 spiro atoms. The Morgan fingerprint density at radius 1 is 1.31 bits per heavy atom. The van der Waals surface area contributed by atoms with Crippen LogP contribution >= 0.6 is 0 Å². The van der Waals surface area contributed by atoms with E-state index in [1.165, 1.54) is 6.92 Å². The van der Waals surface area contributed by atoms with Gasteiger partial charge in [0.2, 0.25) is 0 Å². The number of hydrogen-bond donors (Lipinski definition) is 3. The molecule has 6 nitrogen and oxygen atoms in total. The summed E-state index contributed by atoms with van der Waals surface area (Å²) in [5.74, 6) is -0.389. The Kier molecular flexibility index (Phi) is 3.16. The van der Waals surface area contributed by atoms with E-state index in [0.717, 1.165) is 0 Å². The average Bonchev–Trinajstić information content (AvgIpc) is 2.57. The van der Waals surface area contributed by atoms with Crippen LogP contribution in [0.15, 0.2) is 0 Å². The first kappa shape index (κ1) is 11.8. The van der Waals surface area contributed by atoms with Crippen molar-refractivity contribution in [2.24, 2.45) is 0 Å². The Balaban J connectivity index is 2.10. The van der Waals surface area contributed by atoms with Crippen LogP contribution < -0.4 is 0 Å². The van der Waals surface area contributed by atoms with E-state index in [-0.39, 0.29) is 5.97 Å². The van der Waals surface area contributed by atoms with Crippen molar-refractivity contribution in [2.75, 3.05) is 13.1 Å². The van der Waals surface area contributed by atoms with Gasteiger partial charge in [0.1, 0.15) is 18.3 Å². The Hall–Kier alpha value is -0.690. The van der Waals surface area contributed by atoms with E-state index in [9.17, 15) is 20.1 Å². The summed E-state index contributed by atoms with van der Waals surface area (Å²) in [6.45, 7) is 2.28. The normalized spacial score (nSPS) is 44.1. The van der Waals surface area contributed by atoms with Crippen LogP contribution in [0.5, 0.6) is 0 Å². The molecule has 16 heavy (non-hydrogen) atoms. The van der Waals surface area contributed by atoms with Gasteiger partial charge in [0, 0.05) is 20.0 Å². The van der Waals surface area contributed by atoms with Crippen molar-refractivity contribution in [1.29, 1.82) is 0 Å². The molecule has 2 fully saturated rings. The van der Waals surface area contributed by atoms with Crippen LogP contribution in [0.2, 0.25) is 0 Å². The number of aliphatic hydroxyl groups excluding tert-OH is 3. The second-order valence-corrected chi connectivity index (χ2v) is 4.47. The van der Waals surface area contributed by atoms with E-state index in [0.29, 0.717) is 19.5 Å². The van der Waals surface area contributed by atoms with Gasteiger partial charge in [-0.1, -0.05) is 0 Å². The zero-order valence-electron chi connectivity index (χ0n) is 9.11. The fourth-order valence-electron chi connectivity index (χ4n) is 2.62. The molecule has 2 aliphatic rings. The number of ether oxygens (including phenoxy) is 1. The van der Waals surface area contributed by atoms with Crippen LogP contribution in [0.3, 0.4) is 0 Å². The minimum atomic E-state index is -1.17. The molecule has 0 unspecified atom stereocenters. The predicted octanol–water partition coefficient (Wildman–Crippen LogP) is -1.91. The van der Waals surface area contributed by atoms with Crippen LogP contribution in [-0.2, 0) is 9.53 Å². The summed E-state index contributed by atoms with van der Waals surface area (Å²) in [4.78, 5) is 12.7. The number of esters is 1. The van der Waals surface area contributed by atoms with E-state index in [1.807, 2.05) is 4.90 Å². The lowest BCUT2D eigenvalue weighted by Gasteiger charge is -2.41. The second kappa shape index (κ2) is 4.29. The van der Waals surface area contributed by atoms with Gasteiger partial charge in [0.05, 0.1) is 12.1 Å². The number of fused-ring (bicyclic) bond motifs is 1. The molecule has 0 aromatic rings. The Morgan fingerprint density at radius 3 is 2.62 bits per heavy atom. The molecule has 0 aromatic carbocycles. The molecule has 0 saturated carbocycles. The third-order valence-corrected chi connectivity index (χ3v) is 3.34. The van der Waals surface area contributed by atoms with E-state index in [2.05, 4.69) is 0 Å². The number of nitrogens with zero attached hydrogens (tertiary/aromatic N) is 1. The zero-order chi connectivity index (χ0) is 11.9. The SMILES string of the molecule is CC(=O)O[C@@H]1CCN2C[C@H](O)[C@@H](O)[C@H](O)[C@@H]12. The molecule has 5 atom stereocenters. The van der Waals surface area contributed by atoms with Gasteiger partial charge in [-0.25, -0.2) is 0 Å². The molecule has 0 amide bonds. The number of piperidine rings is 1. The minimum Gasteiger partial charge on any atom is -0.461 e. The second-order valence-electron chi connectivity index (χ2n) is 4.47. The summed E-state index contributed by atoms with van der Waals surface area (Å²) in [6.07, 6.45) is -2.95. The van der Waals surface area contributed by atoms with Crippen molar-refractivity contribution in [3.8, 4) is 0 Å². The maximum atomic E-state index is 10.9. The van der Waals surface area contributed by atoms with E-state index in [1.54, 1.807) is 0 Å². The third kappa shape index (κ3) is 1.93. The summed E-state index contributed by atoms with van der Waals surface area (Å²) in [5.41, 5.74) is 0. The lowest BCUT2D eigenvalue weighted by Crippen LogP contribution is -2.61.